The van der Waals surface area contributed by atoms with Crippen LogP contribution in [-0.2, 0) is 0 Å². The van der Waals surface area contributed by atoms with Gasteiger partial charge in [-0.2, -0.15) is 0 Å². The van der Waals surface area contributed by atoms with Gasteiger partial charge in [0.1, 0.15) is 0 Å². The molecule has 9 rings (SSSR count). The smallest absolute Gasteiger partial charge is 0.247 e. The van der Waals surface area contributed by atoms with Crippen molar-refractivity contribution >= 4 is 43.6 Å². The van der Waals surface area contributed by atoms with Crippen molar-refractivity contribution in [2.24, 2.45) is 0 Å². The number of nitrogens with zero attached hydrogens (tertiary/aromatic N) is 6. The van der Waals surface area contributed by atoms with Crippen LogP contribution in [0.2, 0.25) is 0 Å². The zero-order valence-corrected chi connectivity index (χ0v) is 22.0. The lowest BCUT2D eigenvalue weighted by atomic mass is 10.1. The largest absolute Gasteiger partial charge is 0.423 e. The molecule has 4 aromatic heterocycles. The van der Waals surface area contributed by atoms with Gasteiger partial charge < -0.3 is 18.0 Å². The average molecular weight is 545 g/mol. The van der Waals surface area contributed by atoms with E-state index in [1.54, 1.807) is 0 Å². The van der Waals surface area contributed by atoms with Crippen LogP contribution in [-0.4, -0.2) is 29.5 Å². The van der Waals surface area contributed by atoms with Crippen LogP contribution in [0.5, 0.6) is 0 Å². The summed E-state index contributed by atoms with van der Waals surface area (Å²) < 4.78 is 15.6. The van der Waals surface area contributed by atoms with E-state index in [0.717, 1.165) is 66.1 Å². The van der Waals surface area contributed by atoms with Crippen molar-refractivity contribution in [3.63, 3.8) is 0 Å². The Morgan fingerprint density at radius 3 is 1.38 bits per heavy atom. The Bertz CT molecular complexity index is 2250. The van der Waals surface area contributed by atoms with Gasteiger partial charge in [-0.1, -0.05) is 42.5 Å². The number of hydrogen-bond acceptors (Lipinski definition) is 6. The van der Waals surface area contributed by atoms with Gasteiger partial charge in [0.2, 0.25) is 24.6 Å². The molecule has 8 heteroatoms. The molecule has 0 aliphatic carbocycles. The third-order valence-corrected chi connectivity index (χ3v) is 7.91. The molecule has 42 heavy (non-hydrogen) atoms. The van der Waals surface area contributed by atoms with E-state index < -0.39 is 0 Å². The fraction of sp³-hybridized carbons (Fsp3) is 0. The first kappa shape index (κ1) is 22.8. The molecule has 0 amide bonds. The Kier molecular flexibility index (Phi) is 4.74. The van der Waals surface area contributed by atoms with Crippen LogP contribution in [0.1, 0.15) is 0 Å². The van der Waals surface area contributed by atoms with E-state index >= 15 is 0 Å². The fourth-order valence-corrected chi connectivity index (χ4v) is 6.14. The predicted molar refractivity (Wildman–Crippen MR) is 162 cm³/mol. The lowest BCUT2D eigenvalue weighted by Crippen LogP contribution is -1.98. The van der Waals surface area contributed by atoms with E-state index in [0.29, 0.717) is 11.8 Å². The third-order valence-electron chi connectivity index (χ3n) is 7.91. The van der Waals surface area contributed by atoms with Crippen molar-refractivity contribution in [1.82, 2.24) is 29.5 Å². The lowest BCUT2D eigenvalue weighted by molar-refractivity contribution is 0.568. The van der Waals surface area contributed by atoms with E-state index in [1.807, 2.05) is 12.1 Å². The topological polar surface area (TPSA) is 87.7 Å². The van der Waals surface area contributed by atoms with E-state index in [4.69, 9.17) is 8.83 Å². The summed E-state index contributed by atoms with van der Waals surface area (Å²) in [5.41, 5.74) is 8.36. The molecule has 0 saturated carbocycles. The summed E-state index contributed by atoms with van der Waals surface area (Å²) in [7, 11) is 0. The van der Waals surface area contributed by atoms with Gasteiger partial charge in [0.15, 0.2) is 0 Å². The quantitative estimate of drug-likeness (QED) is 0.223. The predicted octanol–water partition coefficient (Wildman–Crippen LogP) is 7.98. The molecule has 0 aliphatic heterocycles. The van der Waals surface area contributed by atoms with Crippen molar-refractivity contribution in [2.75, 3.05) is 0 Å². The molecule has 0 bridgehead atoms. The summed E-state index contributed by atoms with van der Waals surface area (Å²) in [5, 5.41) is 20.5. The molecule has 9 aromatic rings. The minimum Gasteiger partial charge on any atom is -0.423 e. The maximum absolute atomic E-state index is 5.48. The van der Waals surface area contributed by atoms with Gasteiger partial charge in [0, 0.05) is 44.0 Å². The second-order valence-corrected chi connectivity index (χ2v) is 10.2. The van der Waals surface area contributed by atoms with Gasteiger partial charge in [-0.25, -0.2) is 0 Å². The summed E-state index contributed by atoms with van der Waals surface area (Å²) in [4.78, 5) is 0. The first-order chi connectivity index (χ1) is 20.8. The molecule has 0 unspecified atom stereocenters. The summed E-state index contributed by atoms with van der Waals surface area (Å²) in [6, 6.07) is 38.2. The lowest BCUT2D eigenvalue weighted by Gasteiger charge is -2.13. The molecule has 8 nitrogen and oxygen atoms in total. The van der Waals surface area contributed by atoms with Gasteiger partial charge in [0.05, 0.1) is 22.1 Å². The molecule has 0 fully saturated rings. The second-order valence-electron chi connectivity index (χ2n) is 10.2. The van der Waals surface area contributed by atoms with Crippen LogP contribution in [0.4, 0.5) is 0 Å². The molecule has 0 N–H and O–H groups in total. The summed E-state index contributed by atoms with van der Waals surface area (Å²) in [6.45, 7) is 0. The van der Waals surface area contributed by atoms with Gasteiger partial charge >= 0.3 is 0 Å². The Morgan fingerprint density at radius 1 is 0.429 bits per heavy atom. The van der Waals surface area contributed by atoms with Crippen molar-refractivity contribution in [2.45, 2.75) is 0 Å². The highest BCUT2D eigenvalue weighted by Crippen LogP contribution is 2.37. The fourth-order valence-electron chi connectivity index (χ4n) is 6.14. The monoisotopic (exact) mass is 544 g/mol. The van der Waals surface area contributed by atoms with Crippen molar-refractivity contribution < 1.29 is 8.83 Å². The Morgan fingerprint density at radius 2 is 0.905 bits per heavy atom. The molecule has 198 valence electrons. The summed E-state index contributed by atoms with van der Waals surface area (Å²) in [5.74, 6) is 1.01. The number of benzene rings is 5. The summed E-state index contributed by atoms with van der Waals surface area (Å²) in [6.07, 6.45) is 2.71. The number of rotatable bonds is 4. The van der Waals surface area contributed by atoms with E-state index in [1.165, 1.54) is 12.8 Å². The zero-order chi connectivity index (χ0) is 27.6. The Labute approximate surface area is 238 Å². The van der Waals surface area contributed by atoms with Crippen molar-refractivity contribution in [3.8, 4) is 34.3 Å². The number of aromatic nitrogens is 6. The number of fused-ring (bicyclic) bond motifs is 6. The van der Waals surface area contributed by atoms with Crippen LogP contribution < -0.4 is 0 Å². The van der Waals surface area contributed by atoms with Gasteiger partial charge in [0.25, 0.3) is 0 Å². The van der Waals surface area contributed by atoms with Gasteiger partial charge in [-0.05, 0) is 66.7 Å². The number of hydrogen-bond donors (Lipinski definition) is 0. The minimum absolute atomic E-state index is 0.504. The van der Waals surface area contributed by atoms with E-state index in [9.17, 15) is 0 Å². The second kappa shape index (κ2) is 8.74. The normalized spacial score (nSPS) is 11.8. The Hall–Kier alpha value is -6.02. The highest BCUT2D eigenvalue weighted by Gasteiger charge is 2.17. The molecule has 4 heterocycles. The van der Waals surface area contributed by atoms with E-state index in [-0.39, 0.29) is 0 Å². The SMILES string of the molecule is c1cc(-n2c3ccccc3c3cc(-c4nnco4)ccc32)cc(-n2c3ccccc3c3cc(-c4nnco4)ccc32)c1. The van der Waals surface area contributed by atoms with Gasteiger partial charge in [-0.3, -0.25) is 0 Å². The maximum Gasteiger partial charge on any atom is 0.247 e. The van der Waals surface area contributed by atoms with Crippen LogP contribution >= 0.6 is 0 Å². The molecule has 0 aliphatic rings. The van der Waals surface area contributed by atoms with Gasteiger partial charge in [-0.15, -0.1) is 20.4 Å². The molecular formula is C34H20N6O2. The van der Waals surface area contributed by atoms with Crippen LogP contribution in [0.15, 0.2) is 131 Å². The molecule has 5 aromatic carbocycles. The maximum atomic E-state index is 5.48. The molecular weight excluding hydrogens is 524 g/mol. The van der Waals surface area contributed by atoms with Crippen molar-refractivity contribution in [1.29, 1.82) is 0 Å². The van der Waals surface area contributed by atoms with Crippen LogP contribution in [0.3, 0.4) is 0 Å². The first-order valence-electron chi connectivity index (χ1n) is 13.5. The van der Waals surface area contributed by atoms with Crippen molar-refractivity contribution in [3.05, 3.63) is 122 Å². The molecule has 0 radical (unpaired) electrons. The van der Waals surface area contributed by atoms with E-state index in [2.05, 4.69) is 127 Å². The minimum atomic E-state index is 0.504. The standard InChI is InChI=1S/C34H20N6O2/c1-3-10-29-25(8-1)27-16-21(33-37-35-19-41-33)12-14-31(27)39(29)23-6-5-7-24(18-23)40-30-11-4-2-9-26(30)28-17-22(13-15-32(28)40)34-38-36-20-42-34/h1-20H. The molecule has 0 saturated heterocycles. The highest BCUT2D eigenvalue weighted by atomic mass is 16.4. The number of para-hydroxylation sites is 2. The molecule has 0 atom stereocenters. The first-order valence-corrected chi connectivity index (χ1v) is 13.5. The Balaban J connectivity index is 1.27. The van der Waals surface area contributed by atoms with Crippen LogP contribution in [0.25, 0.3) is 77.9 Å². The van der Waals surface area contributed by atoms with Crippen LogP contribution in [0, 0.1) is 0 Å². The molecule has 0 spiro atoms. The third kappa shape index (κ3) is 3.29. The average Bonchev–Trinajstić information content (AvgIpc) is 3.86. The zero-order valence-electron chi connectivity index (χ0n) is 22.0. The highest BCUT2D eigenvalue weighted by molar-refractivity contribution is 6.11. The summed E-state index contributed by atoms with van der Waals surface area (Å²) >= 11 is 0.